The number of nitrogens with one attached hydrogen (secondary N) is 3. The van der Waals surface area contributed by atoms with Gasteiger partial charge in [-0.25, -0.2) is 14.2 Å². The Morgan fingerprint density at radius 3 is 2.83 bits per heavy atom. The molecule has 0 fully saturated rings. The molecule has 14 heteroatoms. The van der Waals surface area contributed by atoms with Crippen LogP contribution in [0.5, 0.6) is 0 Å². The molecular weight excluding hydrogens is 521 g/mol. The van der Waals surface area contributed by atoms with E-state index in [1.54, 1.807) is 16.9 Å². The zero-order chi connectivity index (χ0) is 26.5. The molecule has 0 radical (unpaired) electrons. The lowest BCUT2D eigenvalue weighted by Gasteiger charge is -2.32. The first-order chi connectivity index (χ1) is 17.1. The number of benzene rings is 1. The number of amidine groups is 1. The number of methoxy groups -OCH3 is 1. The van der Waals surface area contributed by atoms with Crippen molar-refractivity contribution < 1.29 is 27.8 Å². The van der Waals surface area contributed by atoms with E-state index in [9.17, 15) is 23.1 Å². The number of thiazole rings is 1. The second-order valence-corrected chi connectivity index (χ2v) is 8.90. The van der Waals surface area contributed by atoms with Crippen LogP contribution in [0.25, 0.3) is 0 Å². The zero-order valence-corrected chi connectivity index (χ0v) is 20.3. The van der Waals surface area contributed by atoms with Crippen LogP contribution in [0.4, 0.5) is 13.2 Å². The summed E-state index contributed by atoms with van der Waals surface area (Å²) in [6, 6.07) is 2.57. The first-order valence-corrected chi connectivity index (χ1v) is 11.6. The normalized spacial score (nSPS) is 17.6. The zero-order valence-electron chi connectivity index (χ0n) is 18.8. The summed E-state index contributed by atoms with van der Waals surface area (Å²) >= 11 is 7.57. The Balaban J connectivity index is 2.22. The van der Waals surface area contributed by atoms with Crippen molar-refractivity contribution in [3.05, 3.63) is 74.7 Å². The standard InChI is InChI=1S/C22H22ClF3N6O3S/c1-35-20(34)22(28,10-33)9-15-16(14(27)4-5-30-21(25)26)17(12-3-2-11(24)8-13(12)23)32-18(31-15)19-29-6-7-36-19/h2-8,17,21,27,30,33H,9-10,28H2,1H3,(H,31,32)/b5-4-,27-14?/t17-,22+/m0/s1. The van der Waals surface area contributed by atoms with Gasteiger partial charge < -0.3 is 31.6 Å². The number of aliphatic hydroxyl groups excluding tert-OH is 1. The molecule has 6 N–H and O–H groups in total. The summed E-state index contributed by atoms with van der Waals surface area (Å²) in [6.07, 6.45) is 3.12. The molecule has 0 saturated heterocycles. The van der Waals surface area contributed by atoms with Gasteiger partial charge in [-0.3, -0.25) is 4.99 Å². The largest absolute Gasteiger partial charge is 0.468 e. The summed E-state index contributed by atoms with van der Waals surface area (Å²) in [7, 11) is 1.10. The summed E-state index contributed by atoms with van der Waals surface area (Å²) in [5.74, 6) is -1.29. The van der Waals surface area contributed by atoms with E-state index in [1.165, 1.54) is 17.4 Å². The molecular formula is C22H22ClF3N6O3S. The second-order valence-electron chi connectivity index (χ2n) is 7.60. The van der Waals surface area contributed by atoms with Crippen molar-refractivity contribution >= 4 is 40.5 Å². The molecule has 0 aliphatic carbocycles. The Morgan fingerprint density at radius 2 is 2.25 bits per heavy atom. The second kappa shape index (κ2) is 11.6. The maximum Gasteiger partial charge on any atom is 0.328 e. The van der Waals surface area contributed by atoms with Gasteiger partial charge in [0.1, 0.15) is 17.4 Å². The van der Waals surface area contributed by atoms with Gasteiger partial charge in [-0.05, 0) is 18.2 Å². The van der Waals surface area contributed by atoms with Crippen LogP contribution in [-0.4, -0.2) is 53.4 Å². The lowest BCUT2D eigenvalue weighted by atomic mass is 9.86. The van der Waals surface area contributed by atoms with Crippen LogP contribution in [0.2, 0.25) is 5.02 Å². The maximum atomic E-state index is 13.8. The van der Waals surface area contributed by atoms with Crippen molar-refractivity contribution in [2.75, 3.05) is 13.7 Å². The molecule has 0 saturated carbocycles. The molecule has 9 nitrogen and oxygen atoms in total. The molecule has 2 heterocycles. The number of rotatable bonds is 10. The minimum atomic E-state index is -2.87. The van der Waals surface area contributed by atoms with Crippen LogP contribution in [0.1, 0.15) is 23.0 Å². The van der Waals surface area contributed by atoms with Crippen molar-refractivity contribution in [2.45, 2.75) is 24.6 Å². The number of esters is 1. The number of hydrogen-bond donors (Lipinski definition) is 5. The molecule has 36 heavy (non-hydrogen) atoms. The van der Waals surface area contributed by atoms with Gasteiger partial charge in [0.2, 0.25) is 0 Å². The number of aliphatic imine (C=N–C) groups is 1. The van der Waals surface area contributed by atoms with Crippen LogP contribution in [0, 0.1) is 11.2 Å². The third kappa shape index (κ3) is 6.10. The lowest BCUT2D eigenvalue weighted by Crippen LogP contribution is -2.54. The summed E-state index contributed by atoms with van der Waals surface area (Å²) < 4.78 is 43.8. The van der Waals surface area contributed by atoms with E-state index in [4.69, 9.17) is 27.5 Å². The topological polar surface area (TPSA) is 146 Å². The highest BCUT2D eigenvalue weighted by molar-refractivity contribution is 7.11. The molecule has 3 rings (SSSR count). The Morgan fingerprint density at radius 1 is 1.50 bits per heavy atom. The van der Waals surface area contributed by atoms with Gasteiger partial charge in [-0.2, -0.15) is 8.78 Å². The average Bonchev–Trinajstić information content (AvgIpc) is 3.37. The van der Waals surface area contributed by atoms with Gasteiger partial charge >= 0.3 is 12.5 Å². The van der Waals surface area contributed by atoms with Gasteiger partial charge in [0.25, 0.3) is 0 Å². The molecule has 1 aromatic heterocycles. The number of carbonyl (C=O) groups excluding carboxylic acids is 1. The highest BCUT2D eigenvalue weighted by Gasteiger charge is 2.40. The monoisotopic (exact) mass is 542 g/mol. The number of aliphatic hydroxyl groups is 1. The summed E-state index contributed by atoms with van der Waals surface area (Å²) in [5, 5.41) is 25.4. The number of carbonyl (C=O) groups is 1. The fraction of sp³-hybridized carbons (Fsp3) is 0.273. The van der Waals surface area contributed by atoms with Gasteiger partial charge in [-0.15, -0.1) is 11.3 Å². The van der Waals surface area contributed by atoms with Gasteiger partial charge in [0, 0.05) is 46.1 Å². The number of nitrogens with two attached hydrogens (primary N) is 1. The molecule has 2 atom stereocenters. The molecule has 0 bridgehead atoms. The van der Waals surface area contributed by atoms with Gasteiger partial charge in [0.15, 0.2) is 10.8 Å². The SMILES string of the molecule is COC(=O)[C@](N)(CO)CC1=C(C(=N)/C=C\NC(F)F)[C@H](c2ccc(F)cc2Cl)N=C(c2nccs2)N1. The summed E-state index contributed by atoms with van der Waals surface area (Å²) in [6.45, 7) is -3.67. The van der Waals surface area contributed by atoms with Gasteiger partial charge in [0.05, 0.1) is 19.4 Å². The minimum Gasteiger partial charge on any atom is -0.468 e. The fourth-order valence-corrected chi connectivity index (χ4v) is 4.31. The highest BCUT2D eigenvalue weighted by atomic mass is 35.5. The summed E-state index contributed by atoms with van der Waals surface area (Å²) in [4.78, 5) is 21.2. The van der Waals surface area contributed by atoms with E-state index in [2.05, 4.69) is 15.3 Å². The minimum absolute atomic E-state index is 0.00221. The number of aromatic nitrogens is 1. The van der Waals surface area contributed by atoms with E-state index in [1.807, 2.05) is 0 Å². The number of hydrogen-bond acceptors (Lipinski definition) is 10. The van der Waals surface area contributed by atoms with Crippen LogP contribution < -0.4 is 16.4 Å². The number of halogens is 4. The van der Waals surface area contributed by atoms with Crippen molar-refractivity contribution in [1.82, 2.24) is 15.6 Å². The molecule has 0 amide bonds. The maximum absolute atomic E-state index is 13.8. The first kappa shape index (κ1) is 27.3. The number of allylic oxidation sites excluding steroid dienone is 1. The van der Waals surface area contributed by atoms with E-state index < -0.39 is 36.5 Å². The molecule has 1 aliphatic rings. The Kier molecular flexibility index (Phi) is 8.84. The Hall–Kier alpha value is -3.26. The van der Waals surface area contributed by atoms with Crippen LogP contribution in [0.15, 0.2) is 58.3 Å². The predicted molar refractivity (Wildman–Crippen MR) is 130 cm³/mol. The van der Waals surface area contributed by atoms with E-state index in [-0.39, 0.29) is 34.3 Å². The molecule has 0 spiro atoms. The Bertz CT molecular complexity index is 1220. The lowest BCUT2D eigenvalue weighted by molar-refractivity contribution is -0.148. The third-order valence-electron chi connectivity index (χ3n) is 5.15. The number of ether oxygens (including phenoxy) is 1. The van der Waals surface area contributed by atoms with Crippen molar-refractivity contribution in [3.63, 3.8) is 0 Å². The van der Waals surface area contributed by atoms with Crippen LogP contribution in [0.3, 0.4) is 0 Å². The van der Waals surface area contributed by atoms with Crippen molar-refractivity contribution in [1.29, 1.82) is 5.41 Å². The number of alkyl halides is 2. The quantitative estimate of drug-likeness (QED) is 0.176. The molecule has 192 valence electrons. The molecule has 1 aliphatic heterocycles. The van der Waals surface area contributed by atoms with Crippen LogP contribution in [-0.2, 0) is 9.53 Å². The van der Waals surface area contributed by atoms with Crippen molar-refractivity contribution in [3.8, 4) is 0 Å². The molecule has 0 unspecified atom stereocenters. The third-order valence-corrected chi connectivity index (χ3v) is 6.25. The Labute approximate surface area is 213 Å². The number of nitrogens with zero attached hydrogens (tertiary/aromatic N) is 2. The van der Waals surface area contributed by atoms with Crippen LogP contribution >= 0.6 is 22.9 Å². The predicted octanol–water partition coefficient (Wildman–Crippen LogP) is 2.88. The van der Waals surface area contributed by atoms with E-state index in [0.717, 1.165) is 31.5 Å². The molecule has 1 aromatic carbocycles. The molecule has 2 aromatic rings. The first-order valence-electron chi connectivity index (χ1n) is 10.3. The van der Waals surface area contributed by atoms with E-state index in [0.29, 0.717) is 10.6 Å². The van der Waals surface area contributed by atoms with Gasteiger partial charge in [-0.1, -0.05) is 17.7 Å². The average molecular weight is 543 g/mol. The summed E-state index contributed by atoms with van der Waals surface area (Å²) in [5.41, 5.74) is 4.50. The highest BCUT2D eigenvalue weighted by Crippen LogP contribution is 2.38. The van der Waals surface area contributed by atoms with E-state index >= 15 is 0 Å². The fourth-order valence-electron chi connectivity index (χ4n) is 3.45. The van der Waals surface area contributed by atoms with Crippen molar-refractivity contribution in [2.24, 2.45) is 10.7 Å². The smallest absolute Gasteiger partial charge is 0.328 e.